The van der Waals surface area contributed by atoms with Crippen LogP contribution in [0.4, 0.5) is 0 Å². The van der Waals surface area contributed by atoms with Crippen molar-refractivity contribution in [2.45, 2.75) is 51.7 Å². The van der Waals surface area contributed by atoms with Gasteiger partial charge < -0.3 is 11.1 Å². The van der Waals surface area contributed by atoms with Crippen molar-refractivity contribution in [3.63, 3.8) is 0 Å². The molecule has 0 saturated carbocycles. The van der Waals surface area contributed by atoms with Crippen molar-refractivity contribution in [1.82, 2.24) is 15.2 Å². The van der Waals surface area contributed by atoms with Crippen molar-refractivity contribution in [2.24, 2.45) is 5.73 Å². The van der Waals surface area contributed by atoms with E-state index < -0.39 is 0 Å². The molecule has 1 aromatic heterocycles. The van der Waals surface area contributed by atoms with Gasteiger partial charge in [0.15, 0.2) is 0 Å². The van der Waals surface area contributed by atoms with Crippen molar-refractivity contribution in [3.05, 3.63) is 65.0 Å². The monoisotopic (exact) mass is 352 g/mol. The van der Waals surface area contributed by atoms with Crippen LogP contribution in [0, 0.1) is 6.92 Å². The molecular formula is C22H32N4. The highest BCUT2D eigenvalue weighted by Crippen LogP contribution is 2.22. The molecule has 4 heteroatoms. The number of hydrogen-bond donors (Lipinski definition) is 2. The third-order valence-electron chi connectivity index (χ3n) is 5.43. The lowest BCUT2D eigenvalue weighted by Gasteiger charge is -2.35. The first-order valence-electron chi connectivity index (χ1n) is 9.84. The van der Waals surface area contributed by atoms with Gasteiger partial charge in [-0.25, -0.2) is 0 Å². The molecule has 140 valence electrons. The minimum Gasteiger partial charge on any atom is -0.330 e. The van der Waals surface area contributed by atoms with Crippen LogP contribution in [0.5, 0.6) is 0 Å². The minimum atomic E-state index is 0.312. The molecule has 0 amide bonds. The zero-order valence-corrected chi connectivity index (χ0v) is 16.1. The maximum absolute atomic E-state index is 5.71. The van der Waals surface area contributed by atoms with Crippen LogP contribution in [0.2, 0.25) is 0 Å². The van der Waals surface area contributed by atoms with E-state index in [1.165, 1.54) is 16.7 Å². The smallest absolute Gasteiger partial charge is 0.0572 e. The summed E-state index contributed by atoms with van der Waals surface area (Å²) in [6.45, 7) is 8.19. The number of pyridine rings is 1. The van der Waals surface area contributed by atoms with Crippen LogP contribution in [0.15, 0.2) is 42.6 Å². The van der Waals surface area contributed by atoms with E-state index in [0.717, 1.165) is 51.1 Å². The number of unbranched alkanes of at least 4 members (excludes halogenated alkanes) is 1. The van der Waals surface area contributed by atoms with E-state index in [1.807, 2.05) is 6.20 Å². The van der Waals surface area contributed by atoms with Crippen LogP contribution in [0.1, 0.15) is 48.2 Å². The summed E-state index contributed by atoms with van der Waals surface area (Å²) in [5.41, 5.74) is 11.0. The van der Waals surface area contributed by atoms with Crippen molar-refractivity contribution in [2.75, 3.05) is 19.6 Å². The predicted molar refractivity (Wildman–Crippen MR) is 108 cm³/mol. The Kier molecular flexibility index (Phi) is 6.78. The van der Waals surface area contributed by atoms with Crippen LogP contribution >= 0.6 is 0 Å². The maximum Gasteiger partial charge on any atom is 0.0572 e. The minimum absolute atomic E-state index is 0.312. The average molecular weight is 353 g/mol. The third kappa shape index (κ3) is 4.91. The molecule has 26 heavy (non-hydrogen) atoms. The topological polar surface area (TPSA) is 54.2 Å². The van der Waals surface area contributed by atoms with E-state index in [2.05, 4.69) is 65.4 Å². The third-order valence-corrected chi connectivity index (χ3v) is 5.43. The molecule has 2 atom stereocenters. The van der Waals surface area contributed by atoms with Gasteiger partial charge in [-0.2, -0.15) is 0 Å². The van der Waals surface area contributed by atoms with Crippen LogP contribution in [-0.2, 0) is 13.0 Å². The van der Waals surface area contributed by atoms with Gasteiger partial charge in [-0.3, -0.25) is 9.88 Å². The largest absolute Gasteiger partial charge is 0.330 e. The molecule has 0 saturated heterocycles. The van der Waals surface area contributed by atoms with Gasteiger partial charge in [0.2, 0.25) is 0 Å². The quantitative estimate of drug-likeness (QED) is 0.716. The highest BCUT2D eigenvalue weighted by atomic mass is 15.2. The Balaban J connectivity index is 1.68. The molecular weight excluding hydrogens is 320 g/mol. The highest BCUT2D eigenvalue weighted by Gasteiger charge is 2.23. The fourth-order valence-electron chi connectivity index (χ4n) is 3.75. The SMILES string of the molecule is Cc1ccc([C@H](C)N(CCCCN)C[C@H]2Cc3ccccc3CN2)nc1. The number of aromatic nitrogens is 1. The van der Waals surface area contributed by atoms with Crippen molar-refractivity contribution < 1.29 is 0 Å². The molecule has 2 heterocycles. The Morgan fingerprint density at radius 2 is 2.00 bits per heavy atom. The molecule has 1 aromatic carbocycles. The molecule has 1 aliphatic rings. The number of benzene rings is 1. The van der Waals surface area contributed by atoms with Crippen molar-refractivity contribution >= 4 is 0 Å². The first-order valence-corrected chi connectivity index (χ1v) is 9.84. The summed E-state index contributed by atoms with van der Waals surface area (Å²) in [4.78, 5) is 7.24. The number of aryl methyl sites for hydroxylation is 1. The van der Waals surface area contributed by atoms with Crippen molar-refractivity contribution in [1.29, 1.82) is 0 Å². The standard InChI is InChI=1S/C22H32N4/c1-17-9-10-22(25-14-17)18(2)26(12-6-5-11-23)16-21-13-19-7-3-4-8-20(19)15-24-21/h3-4,7-10,14,18,21,24H,5-6,11-13,15-16,23H2,1-2H3/t18-,21+/m0/s1. The Morgan fingerprint density at radius 3 is 2.73 bits per heavy atom. The Hall–Kier alpha value is -1.75. The van der Waals surface area contributed by atoms with Gasteiger partial charge in [-0.15, -0.1) is 0 Å². The molecule has 0 radical (unpaired) electrons. The second kappa shape index (κ2) is 9.26. The van der Waals surface area contributed by atoms with Crippen LogP contribution < -0.4 is 11.1 Å². The van der Waals surface area contributed by atoms with Gasteiger partial charge in [0.05, 0.1) is 5.69 Å². The lowest BCUT2D eigenvalue weighted by Crippen LogP contribution is -2.45. The summed E-state index contributed by atoms with van der Waals surface area (Å²) in [5.74, 6) is 0. The van der Waals surface area contributed by atoms with Gasteiger partial charge in [-0.1, -0.05) is 30.3 Å². The number of nitrogens with zero attached hydrogens (tertiary/aromatic N) is 2. The lowest BCUT2D eigenvalue weighted by atomic mass is 9.95. The molecule has 4 nitrogen and oxygen atoms in total. The lowest BCUT2D eigenvalue weighted by molar-refractivity contribution is 0.177. The van der Waals surface area contributed by atoms with E-state index in [0.29, 0.717) is 12.1 Å². The number of nitrogens with two attached hydrogens (primary N) is 1. The molecule has 3 rings (SSSR count). The van der Waals surface area contributed by atoms with E-state index in [4.69, 9.17) is 5.73 Å². The van der Waals surface area contributed by atoms with Crippen LogP contribution in [0.25, 0.3) is 0 Å². The maximum atomic E-state index is 5.71. The van der Waals surface area contributed by atoms with E-state index in [1.54, 1.807) is 0 Å². The number of hydrogen-bond acceptors (Lipinski definition) is 4. The molecule has 0 aliphatic carbocycles. The Bertz CT molecular complexity index is 683. The molecule has 1 aliphatic heterocycles. The normalized spacial score (nSPS) is 17.9. The first-order chi connectivity index (χ1) is 12.7. The molecule has 2 aromatic rings. The average Bonchev–Trinajstić information content (AvgIpc) is 2.67. The number of nitrogens with one attached hydrogen (secondary N) is 1. The summed E-state index contributed by atoms with van der Waals surface area (Å²) in [5, 5.41) is 3.72. The molecule has 0 spiro atoms. The summed E-state index contributed by atoms with van der Waals surface area (Å²) in [7, 11) is 0. The summed E-state index contributed by atoms with van der Waals surface area (Å²) < 4.78 is 0. The van der Waals surface area contributed by atoms with Gasteiger partial charge in [0, 0.05) is 31.4 Å². The Morgan fingerprint density at radius 1 is 1.19 bits per heavy atom. The fourth-order valence-corrected chi connectivity index (χ4v) is 3.75. The second-order valence-corrected chi connectivity index (χ2v) is 7.48. The zero-order valence-electron chi connectivity index (χ0n) is 16.1. The fraction of sp³-hybridized carbons (Fsp3) is 0.500. The number of rotatable bonds is 8. The van der Waals surface area contributed by atoms with Gasteiger partial charge in [0.25, 0.3) is 0 Å². The molecule has 0 unspecified atom stereocenters. The Labute approximate surface area is 157 Å². The number of fused-ring (bicyclic) bond motifs is 1. The van der Waals surface area contributed by atoms with Gasteiger partial charge in [0.1, 0.15) is 0 Å². The zero-order chi connectivity index (χ0) is 18.4. The first kappa shape index (κ1) is 19.0. The molecule has 3 N–H and O–H groups in total. The summed E-state index contributed by atoms with van der Waals surface area (Å²) in [6, 6.07) is 13.9. The predicted octanol–water partition coefficient (Wildman–Crippen LogP) is 3.21. The summed E-state index contributed by atoms with van der Waals surface area (Å²) in [6.07, 6.45) is 5.28. The second-order valence-electron chi connectivity index (χ2n) is 7.48. The van der Waals surface area contributed by atoms with Gasteiger partial charge >= 0.3 is 0 Å². The van der Waals surface area contributed by atoms with E-state index >= 15 is 0 Å². The van der Waals surface area contributed by atoms with E-state index in [9.17, 15) is 0 Å². The van der Waals surface area contributed by atoms with Crippen LogP contribution in [0.3, 0.4) is 0 Å². The van der Waals surface area contributed by atoms with Gasteiger partial charge in [-0.05, 0) is 69.0 Å². The van der Waals surface area contributed by atoms with Crippen LogP contribution in [-0.4, -0.2) is 35.6 Å². The van der Waals surface area contributed by atoms with E-state index in [-0.39, 0.29) is 0 Å². The van der Waals surface area contributed by atoms with Crippen molar-refractivity contribution in [3.8, 4) is 0 Å². The summed E-state index contributed by atoms with van der Waals surface area (Å²) >= 11 is 0. The highest BCUT2D eigenvalue weighted by molar-refractivity contribution is 5.30. The molecule has 0 bridgehead atoms. The molecule has 0 fully saturated rings.